The molecular weight excluding hydrogens is 356 g/mol. The minimum absolute atomic E-state index is 0.519. The van der Waals surface area contributed by atoms with Crippen LogP contribution in [0.3, 0.4) is 0 Å². The monoisotopic (exact) mass is 382 g/mol. The summed E-state index contributed by atoms with van der Waals surface area (Å²) in [6, 6.07) is 14.9. The molecule has 1 aromatic carbocycles. The minimum atomic E-state index is 0.519. The van der Waals surface area contributed by atoms with Crippen LogP contribution in [-0.4, -0.2) is 14.5 Å². The fourth-order valence-corrected chi connectivity index (χ4v) is 4.75. The summed E-state index contributed by atoms with van der Waals surface area (Å²) in [5.41, 5.74) is 16.3. The van der Waals surface area contributed by atoms with E-state index in [0.717, 1.165) is 42.5 Å². The van der Waals surface area contributed by atoms with Crippen LogP contribution < -0.4 is 5.73 Å². The van der Waals surface area contributed by atoms with Crippen molar-refractivity contribution in [1.82, 2.24) is 14.5 Å². The van der Waals surface area contributed by atoms with Gasteiger partial charge >= 0.3 is 0 Å². The van der Waals surface area contributed by atoms with Crippen molar-refractivity contribution < 1.29 is 0 Å². The number of hydrogen-bond donors (Lipinski definition) is 1. The van der Waals surface area contributed by atoms with Crippen LogP contribution in [0.4, 0.5) is 5.69 Å². The first-order chi connectivity index (χ1) is 14.1. The van der Waals surface area contributed by atoms with Crippen LogP contribution >= 0.6 is 0 Å². The van der Waals surface area contributed by atoms with E-state index in [0.29, 0.717) is 5.92 Å². The third-order valence-corrected chi connectivity index (χ3v) is 6.53. The van der Waals surface area contributed by atoms with Crippen molar-refractivity contribution in [2.75, 3.05) is 5.73 Å². The summed E-state index contributed by atoms with van der Waals surface area (Å²) in [5.74, 6) is 0.519. The second kappa shape index (κ2) is 7.03. The normalized spacial score (nSPS) is 16.1. The molecule has 1 aliphatic carbocycles. The lowest BCUT2D eigenvalue weighted by Crippen LogP contribution is -2.17. The maximum Gasteiger partial charge on any atom is 0.143 e. The molecule has 2 N–H and O–H groups in total. The van der Waals surface area contributed by atoms with Crippen molar-refractivity contribution in [1.29, 1.82) is 0 Å². The van der Waals surface area contributed by atoms with Crippen molar-refractivity contribution >= 4 is 16.7 Å². The molecule has 0 saturated carbocycles. The molecule has 5 rings (SSSR count). The lowest BCUT2D eigenvalue weighted by atomic mass is 9.81. The average molecular weight is 383 g/mol. The molecule has 1 unspecified atom stereocenters. The number of benzene rings is 1. The molecule has 29 heavy (non-hydrogen) atoms. The highest BCUT2D eigenvalue weighted by Gasteiger charge is 2.26. The lowest BCUT2D eigenvalue weighted by molar-refractivity contribution is 0.576. The van der Waals surface area contributed by atoms with E-state index in [9.17, 15) is 0 Å². The molecule has 3 aromatic heterocycles. The van der Waals surface area contributed by atoms with Crippen LogP contribution in [0.1, 0.15) is 46.0 Å². The van der Waals surface area contributed by atoms with E-state index in [-0.39, 0.29) is 0 Å². The van der Waals surface area contributed by atoms with Gasteiger partial charge < -0.3 is 10.3 Å². The number of nitrogens with zero attached hydrogens (tertiary/aromatic N) is 3. The second-order valence-corrected chi connectivity index (χ2v) is 8.15. The van der Waals surface area contributed by atoms with Gasteiger partial charge in [0, 0.05) is 41.4 Å². The number of rotatable bonds is 3. The van der Waals surface area contributed by atoms with Crippen LogP contribution in [0.2, 0.25) is 0 Å². The molecule has 1 aliphatic rings. The fraction of sp³-hybridized carbons (Fsp3) is 0.280. The number of aromatic nitrogens is 3. The first-order valence-corrected chi connectivity index (χ1v) is 10.3. The van der Waals surface area contributed by atoms with Gasteiger partial charge in [0.05, 0.1) is 0 Å². The zero-order valence-corrected chi connectivity index (χ0v) is 17.0. The minimum Gasteiger partial charge on any atom is -0.398 e. The topological polar surface area (TPSA) is 56.7 Å². The number of nitrogen functional groups attached to an aromatic ring is 1. The molecule has 146 valence electrons. The molecule has 0 saturated heterocycles. The molecule has 0 bridgehead atoms. The van der Waals surface area contributed by atoms with Crippen LogP contribution in [0.15, 0.2) is 54.9 Å². The van der Waals surface area contributed by atoms with Gasteiger partial charge in [-0.25, -0.2) is 4.98 Å². The van der Waals surface area contributed by atoms with Gasteiger partial charge in [-0.3, -0.25) is 4.98 Å². The zero-order valence-electron chi connectivity index (χ0n) is 17.0. The van der Waals surface area contributed by atoms with E-state index in [1.165, 1.54) is 33.6 Å². The fourth-order valence-electron chi connectivity index (χ4n) is 4.75. The molecule has 0 spiro atoms. The number of pyridine rings is 2. The van der Waals surface area contributed by atoms with Gasteiger partial charge in [-0.15, -0.1) is 0 Å². The van der Waals surface area contributed by atoms with E-state index in [1.54, 1.807) is 0 Å². The summed E-state index contributed by atoms with van der Waals surface area (Å²) in [6.45, 7) is 5.13. The summed E-state index contributed by atoms with van der Waals surface area (Å²) >= 11 is 0. The highest BCUT2D eigenvalue weighted by atomic mass is 15.1. The highest BCUT2D eigenvalue weighted by Crippen LogP contribution is 2.39. The number of aryl methyl sites for hydroxylation is 2. The van der Waals surface area contributed by atoms with E-state index in [4.69, 9.17) is 10.7 Å². The Morgan fingerprint density at radius 3 is 2.59 bits per heavy atom. The van der Waals surface area contributed by atoms with Gasteiger partial charge in [0.15, 0.2) is 0 Å². The third kappa shape index (κ3) is 3.00. The summed E-state index contributed by atoms with van der Waals surface area (Å²) in [4.78, 5) is 9.29. The SMILES string of the molecule is Cc1c(C)n(Cc2ccncc2)c2nc3c(c(N)c12)CC(c1ccccc1)CC3. The Balaban J connectivity index is 1.61. The Morgan fingerprint density at radius 2 is 1.83 bits per heavy atom. The molecule has 1 atom stereocenters. The number of hydrogen-bond acceptors (Lipinski definition) is 3. The highest BCUT2D eigenvalue weighted by molar-refractivity contribution is 5.95. The standard InChI is InChI=1S/C25H26N4/c1-16-17(2)29(15-18-10-12-27-13-11-18)25-23(16)24(26)21-14-20(8-9-22(21)28-25)19-6-4-3-5-7-19/h3-7,10-13,20H,8-9,14-15H2,1-2H3,(H2,26,28). The van der Waals surface area contributed by atoms with E-state index in [2.05, 4.69) is 65.9 Å². The van der Waals surface area contributed by atoms with Crippen molar-refractivity contribution in [3.8, 4) is 0 Å². The predicted octanol–water partition coefficient (Wildman–Crippen LogP) is 4.95. The van der Waals surface area contributed by atoms with E-state index < -0.39 is 0 Å². The molecule has 0 radical (unpaired) electrons. The van der Waals surface area contributed by atoms with E-state index in [1.807, 2.05) is 12.4 Å². The quantitative estimate of drug-likeness (QED) is 0.545. The van der Waals surface area contributed by atoms with Crippen LogP contribution in [0, 0.1) is 13.8 Å². The number of fused-ring (bicyclic) bond motifs is 2. The smallest absolute Gasteiger partial charge is 0.143 e. The Labute approximate surface area is 171 Å². The van der Waals surface area contributed by atoms with Gasteiger partial charge in [0.25, 0.3) is 0 Å². The molecule has 0 fully saturated rings. The molecule has 4 nitrogen and oxygen atoms in total. The Morgan fingerprint density at radius 1 is 1.07 bits per heavy atom. The van der Waals surface area contributed by atoms with Gasteiger partial charge in [0.1, 0.15) is 5.65 Å². The summed E-state index contributed by atoms with van der Waals surface area (Å²) < 4.78 is 2.31. The summed E-state index contributed by atoms with van der Waals surface area (Å²) in [7, 11) is 0. The molecule has 0 amide bonds. The maximum absolute atomic E-state index is 6.79. The van der Waals surface area contributed by atoms with Crippen molar-refractivity contribution in [3.05, 3.63) is 88.5 Å². The third-order valence-electron chi connectivity index (χ3n) is 6.53. The summed E-state index contributed by atoms with van der Waals surface area (Å²) in [6.07, 6.45) is 6.76. The zero-order chi connectivity index (χ0) is 20.0. The molecule has 4 aromatic rings. The Hall–Kier alpha value is -3.14. The van der Waals surface area contributed by atoms with E-state index >= 15 is 0 Å². The molecular formula is C25H26N4. The van der Waals surface area contributed by atoms with Crippen molar-refractivity contribution in [2.24, 2.45) is 0 Å². The largest absolute Gasteiger partial charge is 0.398 e. The van der Waals surface area contributed by atoms with Crippen molar-refractivity contribution in [3.63, 3.8) is 0 Å². The van der Waals surface area contributed by atoms with Gasteiger partial charge in [-0.2, -0.15) is 0 Å². The average Bonchev–Trinajstić information content (AvgIpc) is 3.00. The van der Waals surface area contributed by atoms with Gasteiger partial charge in [0.2, 0.25) is 0 Å². The molecule has 3 heterocycles. The summed E-state index contributed by atoms with van der Waals surface area (Å²) in [5, 5.41) is 1.13. The molecule has 0 aliphatic heterocycles. The first-order valence-electron chi connectivity index (χ1n) is 10.3. The predicted molar refractivity (Wildman–Crippen MR) is 118 cm³/mol. The van der Waals surface area contributed by atoms with Gasteiger partial charge in [-0.1, -0.05) is 30.3 Å². The Bertz CT molecular complexity index is 1180. The van der Waals surface area contributed by atoms with Crippen LogP contribution in [0.25, 0.3) is 11.0 Å². The van der Waals surface area contributed by atoms with Crippen molar-refractivity contribution in [2.45, 2.75) is 45.6 Å². The van der Waals surface area contributed by atoms with Gasteiger partial charge in [-0.05, 0) is 73.4 Å². The van der Waals surface area contributed by atoms with Crippen LogP contribution in [0.5, 0.6) is 0 Å². The number of nitrogens with two attached hydrogens (primary N) is 1. The molecule has 4 heteroatoms. The maximum atomic E-state index is 6.79. The second-order valence-electron chi connectivity index (χ2n) is 8.15. The first kappa shape index (κ1) is 17.9. The number of anilines is 1. The van der Waals surface area contributed by atoms with Crippen LogP contribution in [-0.2, 0) is 19.4 Å². The Kier molecular flexibility index (Phi) is 4.35. The lowest BCUT2D eigenvalue weighted by Gasteiger charge is -2.26.